The van der Waals surface area contributed by atoms with E-state index in [9.17, 15) is 4.79 Å². The van der Waals surface area contributed by atoms with Crippen molar-refractivity contribution in [3.63, 3.8) is 0 Å². The van der Waals surface area contributed by atoms with Crippen molar-refractivity contribution in [1.29, 1.82) is 0 Å². The van der Waals surface area contributed by atoms with E-state index in [1.165, 1.54) is 0 Å². The molecule has 146 valence electrons. The third kappa shape index (κ3) is 5.01. The normalized spacial score (nSPS) is 17.4. The summed E-state index contributed by atoms with van der Waals surface area (Å²) >= 11 is 0. The maximum atomic E-state index is 12.1. The fourth-order valence-corrected chi connectivity index (χ4v) is 3.26. The highest BCUT2D eigenvalue weighted by Gasteiger charge is 2.36. The number of rotatable bonds is 8. The summed E-state index contributed by atoms with van der Waals surface area (Å²) in [6.45, 7) is 3.76. The molecule has 2 aliphatic rings. The highest BCUT2D eigenvalue weighted by molar-refractivity contribution is 5.85. The molecule has 8 heteroatoms. The van der Waals surface area contributed by atoms with Crippen molar-refractivity contribution in [3.8, 4) is 11.5 Å². The number of carbonyl (C=O) groups is 1. The summed E-state index contributed by atoms with van der Waals surface area (Å²) in [4.78, 5) is 12.1. The van der Waals surface area contributed by atoms with Gasteiger partial charge in [-0.1, -0.05) is 6.07 Å². The Morgan fingerprint density at radius 2 is 2.00 bits per heavy atom. The molecular weight excluding hydrogens is 360 g/mol. The first-order valence-corrected chi connectivity index (χ1v) is 8.68. The zero-order valence-electron chi connectivity index (χ0n) is 15.0. The average molecular weight is 387 g/mol. The molecule has 2 heterocycles. The molecule has 0 saturated carbocycles. The van der Waals surface area contributed by atoms with Crippen molar-refractivity contribution in [2.45, 2.75) is 18.3 Å². The molecule has 0 spiro atoms. The quantitative estimate of drug-likeness (QED) is 0.654. The smallest absolute Gasteiger partial charge is 0.233 e. The van der Waals surface area contributed by atoms with Crippen LogP contribution in [0.25, 0.3) is 0 Å². The molecule has 1 aromatic rings. The van der Waals surface area contributed by atoms with Crippen molar-refractivity contribution in [3.05, 3.63) is 23.8 Å². The second-order valence-corrected chi connectivity index (χ2v) is 6.41. The topological polar surface area (TPSA) is 78.1 Å². The first-order valence-electron chi connectivity index (χ1n) is 8.68. The number of amides is 1. The van der Waals surface area contributed by atoms with Crippen LogP contribution in [-0.2, 0) is 19.7 Å². The number of nitrogens with one attached hydrogen (secondary N) is 2. The molecule has 0 bridgehead atoms. The van der Waals surface area contributed by atoms with Crippen LogP contribution in [0.5, 0.6) is 11.5 Å². The van der Waals surface area contributed by atoms with Gasteiger partial charge in [0.25, 0.3) is 0 Å². The molecule has 7 nitrogen and oxygen atoms in total. The number of halogens is 1. The van der Waals surface area contributed by atoms with E-state index in [1.807, 2.05) is 12.1 Å². The first-order chi connectivity index (χ1) is 12.2. The Kier molecular flexibility index (Phi) is 7.96. The lowest BCUT2D eigenvalue weighted by Crippen LogP contribution is -2.46. The van der Waals surface area contributed by atoms with Crippen LogP contribution in [0.2, 0.25) is 0 Å². The Hall–Kier alpha value is -1.54. The van der Waals surface area contributed by atoms with E-state index < -0.39 is 0 Å². The number of benzene rings is 1. The van der Waals surface area contributed by atoms with Gasteiger partial charge in [0, 0.05) is 38.8 Å². The number of hydrogen-bond acceptors (Lipinski definition) is 6. The van der Waals surface area contributed by atoms with E-state index in [2.05, 4.69) is 16.7 Å². The lowest BCUT2D eigenvalue weighted by atomic mass is 9.74. The molecule has 1 aromatic carbocycles. The number of carbonyl (C=O) groups excluding carboxylic acids is 1. The number of fused-ring (bicyclic) bond motifs is 1. The van der Waals surface area contributed by atoms with Gasteiger partial charge in [0.1, 0.15) is 0 Å². The van der Waals surface area contributed by atoms with Crippen LogP contribution in [0.15, 0.2) is 18.2 Å². The Labute approximate surface area is 160 Å². The molecule has 2 aliphatic heterocycles. The van der Waals surface area contributed by atoms with Crippen LogP contribution < -0.4 is 20.1 Å². The maximum absolute atomic E-state index is 12.1. The van der Waals surface area contributed by atoms with E-state index in [-0.39, 0.29) is 37.1 Å². The molecule has 3 rings (SSSR count). The van der Waals surface area contributed by atoms with Crippen LogP contribution >= 0.6 is 12.4 Å². The Morgan fingerprint density at radius 3 is 2.77 bits per heavy atom. The van der Waals surface area contributed by atoms with Crippen LogP contribution in [0.1, 0.15) is 18.4 Å². The molecule has 0 atom stereocenters. The Balaban J connectivity index is 0.00000243. The molecule has 1 fully saturated rings. The molecule has 0 aliphatic carbocycles. The van der Waals surface area contributed by atoms with Crippen molar-refractivity contribution in [1.82, 2.24) is 10.6 Å². The van der Waals surface area contributed by atoms with Gasteiger partial charge in [-0.05, 0) is 30.5 Å². The minimum atomic E-state index is -0.137. The summed E-state index contributed by atoms with van der Waals surface area (Å²) in [6, 6.07) is 6.06. The number of methoxy groups -OCH3 is 1. The predicted octanol–water partition coefficient (Wildman–Crippen LogP) is 1.24. The summed E-state index contributed by atoms with van der Waals surface area (Å²) in [6.07, 6.45) is 1.73. The van der Waals surface area contributed by atoms with Gasteiger partial charge in [0.15, 0.2) is 11.5 Å². The van der Waals surface area contributed by atoms with Gasteiger partial charge in [-0.2, -0.15) is 0 Å². The fourth-order valence-electron chi connectivity index (χ4n) is 3.26. The van der Waals surface area contributed by atoms with Crippen molar-refractivity contribution >= 4 is 18.3 Å². The number of hydrogen-bond donors (Lipinski definition) is 2. The molecule has 0 aromatic heterocycles. The van der Waals surface area contributed by atoms with Gasteiger partial charge in [0.05, 0.1) is 13.2 Å². The van der Waals surface area contributed by atoms with Gasteiger partial charge >= 0.3 is 0 Å². The first kappa shape index (κ1) is 20.8. The highest BCUT2D eigenvalue weighted by Crippen LogP contribution is 2.40. The molecular formula is C18H27ClN2O5. The van der Waals surface area contributed by atoms with Gasteiger partial charge in [-0.3, -0.25) is 4.79 Å². The van der Waals surface area contributed by atoms with E-state index in [0.29, 0.717) is 32.9 Å². The second-order valence-electron chi connectivity index (χ2n) is 6.41. The summed E-state index contributed by atoms with van der Waals surface area (Å²) in [5.74, 6) is 1.54. The summed E-state index contributed by atoms with van der Waals surface area (Å²) in [5.41, 5.74) is 1.02. The van der Waals surface area contributed by atoms with Crippen LogP contribution in [0.4, 0.5) is 0 Å². The molecule has 1 saturated heterocycles. The van der Waals surface area contributed by atoms with Gasteiger partial charge in [-0.15, -0.1) is 12.4 Å². The lowest BCUT2D eigenvalue weighted by Gasteiger charge is -2.38. The van der Waals surface area contributed by atoms with Crippen LogP contribution in [0.3, 0.4) is 0 Å². The largest absolute Gasteiger partial charge is 0.454 e. The molecule has 0 unspecified atom stereocenters. The predicted molar refractivity (Wildman–Crippen MR) is 99.3 cm³/mol. The summed E-state index contributed by atoms with van der Waals surface area (Å²) in [7, 11) is 1.64. The van der Waals surface area contributed by atoms with E-state index in [4.69, 9.17) is 18.9 Å². The third-order valence-corrected chi connectivity index (χ3v) is 4.83. The van der Waals surface area contributed by atoms with Crippen molar-refractivity contribution < 1.29 is 23.7 Å². The molecule has 1 amide bonds. The van der Waals surface area contributed by atoms with Crippen molar-refractivity contribution in [2.24, 2.45) is 0 Å². The minimum absolute atomic E-state index is 0. The molecule has 0 radical (unpaired) electrons. The summed E-state index contributed by atoms with van der Waals surface area (Å²) in [5, 5.41) is 6.13. The monoisotopic (exact) mass is 386 g/mol. The second kappa shape index (κ2) is 9.97. The Bertz CT molecular complexity index is 593. The minimum Gasteiger partial charge on any atom is -0.454 e. The number of ether oxygens (including phenoxy) is 4. The Morgan fingerprint density at radius 1 is 1.23 bits per heavy atom. The van der Waals surface area contributed by atoms with E-state index in [0.717, 1.165) is 29.9 Å². The van der Waals surface area contributed by atoms with Gasteiger partial charge < -0.3 is 29.6 Å². The van der Waals surface area contributed by atoms with E-state index in [1.54, 1.807) is 7.11 Å². The lowest BCUT2D eigenvalue weighted by molar-refractivity contribution is -0.120. The highest BCUT2D eigenvalue weighted by atomic mass is 35.5. The van der Waals surface area contributed by atoms with Gasteiger partial charge in [-0.25, -0.2) is 0 Å². The zero-order chi connectivity index (χ0) is 17.5. The summed E-state index contributed by atoms with van der Waals surface area (Å²) < 4.78 is 21.4. The molecule has 2 N–H and O–H groups in total. The van der Waals surface area contributed by atoms with Gasteiger partial charge in [0.2, 0.25) is 12.7 Å². The average Bonchev–Trinajstić information content (AvgIpc) is 3.12. The SMILES string of the molecule is COCCNCC(=O)NCC1(c2ccc3c(c2)OCO3)CCOCC1.Cl. The molecule has 26 heavy (non-hydrogen) atoms. The maximum Gasteiger partial charge on any atom is 0.233 e. The van der Waals surface area contributed by atoms with Crippen LogP contribution in [-0.4, -0.2) is 59.3 Å². The standard InChI is InChI=1S/C18H26N2O5.ClH/c1-22-9-6-19-11-17(21)20-12-18(4-7-23-8-5-18)14-2-3-15-16(10-14)25-13-24-15;/h2-3,10,19H,4-9,11-13H2,1H3,(H,20,21);1H. The fraction of sp³-hybridized carbons (Fsp3) is 0.611. The van der Waals surface area contributed by atoms with E-state index >= 15 is 0 Å². The third-order valence-electron chi connectivity index (χ3n) is 4.83. The van der Waals surface area contributed by atoms with Crippen LogP contribution in [0, 0.1) is 0 Å². The zero-order valence-corrected chi connectivity index (χ0v) is 15.9. The van der Waals surface area contributed by atoms with Crippen molar-refractivity contribution in [2.75, 3.05) is 53.4 Å².